The number of allylic oxidation sites excluding steroid dienone is 3. The van der Waals surface area contributed by atoms with Gasteiger partial charge in [0.1, 0.15) is 22.9 Å². The quantitative estimate of drug-likeness (QED) is 0.351. The van der Waals surface area contributed by atoms with E-state index in [0.29, 0.717) is 17.8 Å². The highest BCUT2D eigenvalue weighted by Crippen LogP contribution is 2.42. The first-order valence-corrected chi connectivity index (χ1v) is 10.5. The van der Waals surface area contributed by atoms with Crippen LogP contribution in [0.1, 0.15) is 49.2 Å². The number of halogens is 1. The molecule has 3 heterocycles. The summed E-state index contributed by atoms with van der Waals surface area (Å²) in [7, 11) is 0. The Morgan fingerprint density at radius 1 is 1.22 bits per heavy atom. The molecule has 0 bridgehead atoms. The van der Waals surface area contributed by atoms with E-state index in [1.165, 1.54) is 37.8 Å². The van der Waals surface area contributed by atoms with Crippen molar-refractivity contribution in [3.63, 3.8) is 0 Å². The third-order valence-electron chi connectivity index (χ3n) is 5.34. The van der Waals surface area contributed by atoms with E-state index in [1.54, 1.807) is 18.2 Å². The van der Waals surface area contributed by atoms with Gasteiger partial charge in [0.2, 0.25) is 17.2 Å². The standard InChI is InChI=1S/C24H20ClNO6/c1-3-4-6-15-11-16-17(13-31-15)21(27)24(2,22(28)20(16)18-7-5-10-30-18)32-23(29)14-8-9-19(25)26-12-14/h5,7-13H,3-4,6H2,1-2H3. The van der Waals surface area contributed by atoms with Crippen LogP contribution >= 0.6 is 11.6 Å². The summed E-state index contributed by atoms with van der Waals surface area (Å²) in [6.07, 6.45) is 8.16. The van der Waals surface area contributed by atoms with Crippen LogP contribution in [0.3, 0.4) is 0 Å². The minimum Gasteiger partial charge on any atom is -0.469 e. The van der Waals surface area contributed by atoms with E-state index < -0.39 is 23.1 Å². The number of carbonyl (C=O) groups is 3. The number of Topliss-reactive ketones (excluding diaryl/α,β-unsaturated/α-hetero) is 2. The molecule has 7 nitrogen and oxygen atoms in total. The highest BCUT2D eigenvalue weighted by Gasteiger charge is 2.53. The Kier molecular flexibility index (Phi) is 5.84. The van der Waals surface area contributed by atoms with Gasteiger partial charge in [-0.25, -0.2) is 9.78 Å². The van der Waals surface area contributed by atoms with E-state index in [2.05, 4.69) is 11.9 Å². The normalized spacial score (nSPS) is 20.3. The average Bonchev–Trinajstić information content (AvgIpc) is 3.31. The average molecular weight is 454 g/mol. The molecule has 0 N–H and O–H groups in total. The van der Waals surface area contributed by atoms with Gasteiger partial charge in [-0.2, -0.15) is 0 Å². The molecule has 1 unspecified atom stereocenters. The van der Waals surface area contributed by atoms with Crippen molar-refractivity contribution in [1.29, 1.82) is 0 Å². The topological polar surface area (TPSA) is 95.7 Å². The summed E-state index contributed by atoms with van der Waals surface area (Å²) in [5.41, 5.74) is -1.36. The predicted molar refractivity (Wildman–Crippen MR) is 115 cm³/mol. The van der Waals surface area contributed by atoms with Crippen molar-refractivity contribution >= 4 is 34.7 Å². The molecule has 8 heteroatoms. The zero-order valence-corrected chi connectivity index (χ0v) is 18.3. The molecule has 0 saturated heterocycles. The summed E-state index contributed by atoms with van der Waals surface area (Å²) in [5, 5.41) is 0.195. The molecule has 0 radical (unpaired) electrons. The molecule has 164 valence electrons. The Bertz CT molecular complexity index is 1170. The van der Waals surface area contributed by atoms with E-state index in [4.69, 9.17) is 25.5 Å². The number of aromatic nitrogens is 1. The summed E-state index contributed by atoms with van der Waals surface area (Å²) < 4.78 is 16.6. The molecule has 2 aromatic rings. The highest BCUT2D eigenvalue weighted by molar-refractivity contribution is 6.40. The largest absolute Gasteiger partial charge is 0.469 e. The van der Waals surface area contributed by atoms with Crippen molar-refractivity contribution in [2.45, 2.75) is 38.7 Å². The maximum atomic E-state index is 13.6. The van der Waals surface area contributed by atoms with E-state index in [1.807, 2.05) is 0 Å². The van der Waals surface area contributed by atoms with Gasteiger partial charge in [-0.15, -0.1) is 0 Å². The molecule has 0 amide bonds. The summed E-state index contributed by atoms with van der Waals surface area (Å²) in [5.74, 6) is -1.31. The van der Waals surface area contributed by atoms with E-state index in [9.17, 15) is 14.4 Å². The third kappa shape index (κ3) is 3.80. The number of furan rings is 1. The fraction of sp³-hybridized carbons (Fsp3) is 0.250. The molecule has 0 fully saturated rings. The maximum Gasteiger partial charge on any atom is 0.341 e. The fourth-order valence-electron chi connectivity index (χ4n) is 3.56. The van der Waals surface area contributed by atoms with Gasteiger partial charge >= 0.3 is 5.97 Å². The number of ketones is 2. The second-order valence-corrected chi connectivity index (χ2v) is 7.97. The van der Waals surface area contributed by atoms with Crippen LogP contribution in [0.25, 0.3) is 5.57 Å². The zero-order valence-electron chi connectivity index (χ0n) is 17.5. The molecular weight excluding hydrogens is 434 g/mol. The van der Waals surface area contributed by atoms with E-state index in [-0.39, 0.29) is 27.6 Å². The van der Waals surface area contributed by atoms with E-state index >= 15 is 0 Å². The van der Waals surface area contributed by atoms with E-state index in [0.717, 1.165) is 12.8 Å². The first kappa shape index (κ1) is 21.8. The van der Waals surface area contributed by atoms with Crippen molar-refractivity contribution in [3.8, 4) is 0 Å². The molecule has 0 saturated carbocycles. The summed E-state index contributed by atoms with van der Waals surface area (Å²) in [6, 6.07) is 6.07. The lowest BCUT2D eigenvalue weighted by molar-refractivity contribution is -0.144. The van der Waals surface area contributed by atoms with Crippen molar-refractivity contribution in [1.82, 2.24) is 4.98 Å². The molecule has 1 atom stereocenters. The number of pyridine rings is 1. The monoisotopic (exact) mass is 453 g/mol. The highest BCUT2D eigenvalue weighted by atomic mass is 35.5. The Hall–Kier alpha value is -3.45. The number of unbranched alkanes of at least 4 members (excludes halogenated alkanes) is 1. The predicted octanol–water partition coefficient (Wildman–Crippen LogP) is 4.84. The number of hydrogen-bond donors (Lipinski definition) is 0. The van der Waals surface area contributed by atoms with Gasteiger partial charge in [-0.05, 0) is 43.7 Å². The number of fused-ring (bicyclic) bond motifs is 1. The lowest BCUT2D eigenvalue weighted by Crippen LogP contribution is -2.52. The van der Waals surface area contributed by atoms with Crippen LogP contribution in [-0.2, 0) is 19.1 Å². The number of ether oxygens (including phenoxy) is 2. The van der Waals surface area contributed by atoms with Crippen molar-refractivity contribution in [2.24, 2.45) is 0 Å². The van der Waals surface area contributed by atoms with Gasteiger partial charge in [-0.3, -0.25) is 9.59 Å². The Balaban J connectivity index is 1.78. The third-order valence-corrected chi connectivity index (χ3v) is 5.56. The summed E-state index contributed by atoms with van der Waals surface area (Å²) in [6.45, 7) is 3.33. The number of rotatable bonds is 6. The van der Waals surface area contributed by atoms with Gasteiger partial charge < -0.3 is 13.9 Å². The van der Waals surface area contributed by atoms with Crippen LogP contribution in [0.5, 0.6) is 0 Å². The first-order chi connectivity index (χ1) is 15.3. The van der Waals surface area contributed by atoms with Crippen LogP contribution in [-0.4, -0.2) is 28.1 Å². The summed E-state index contributed by atoms with van der Waals surface area (Å²) in [4.78, 5) is 43.5. The van der Waals surface area contributed by atoms with Crippen LogP contribution in [0.4, 0.5) is 0 Å². The van der Waals surface area contributed by atoms with Crippen LogP contribution in [0.15, 0.2) is 70.4 Å². The van der Waals surface area contributed by atoms with Crippen molar-refractivity contribution in [3.05, 3.63) is 82.4 Å². The number of hydrogen-bond acceptors (Lipinski definition) is 7. The molecule has 0 spiro atoms. The number of esters is 1. The van der Waals surface area contributed by atoms with Gasteiger partial charge in [0, 0.05) is 18.2 Å². The lowest BCUT2D eigenvalue weighted by atomic mass is 9.75. The SMILES string of the molecule is CCCCC1=CC2=C(c3ccco3)C(=O)C(C)(OC(=O)c3ccc(Cl)nc3)C(=O)C2=CO1. The van der Waals surface area contributed by atoms with Gasteiger partial charge in [-0.1, -0.05) is 24.9 Å². The second kappa shape index (κ2) is 8.59. The zero-order chi connectivity index (χ0) is 22.9. The van der Waals surface area contributed by atoms with Gasteiger partial charge in [0.15, 0.2) is 0 Å². The molecule has 2 aromatic heterocycles. The van der Waals surface area contributed by atoms with Crippen molar-refractivity contribution in [2.75, 3.05) is 0 Å². The molecule has 0 aromatic carbocycles. The molecule has 4 rings (SSSR count). The number of carbonyl (C=O) groups excluding carboxylic acids is 3. The fourth-order valence-corrected chi connectivity index (χ4v) is 3.67. The maximum absolute atomic E-state index is 13.6. The van der Waals surface area contributed by atoms with Crippen LogP contribution in [0.2, 0.25) is 5.15 Å². The van der Waals surface area contributed by atoms with Gasteiger partial charge in [0.05, 0.1) is 23.0 Å². The van der Waals surface area contributed by atoms with Crippen molar-refractivity contribution < 1.29 is 28.3 Å². The molecule has 32 heavy (non-hydrogen) atoms. The van der Waals surface area contributed by atoms with Gasteiger partial charge in [0.25, 0.3) is 0 Å². The smallest absolute Gasteiger partial charge is 0.341 e. The minimum atomic E-state index is -2.10. The van der Waals surface area contributed by atoms with Crippen LogP contribution < -0.4 is 0 Å². The Labute approximate surface area is 189 Å². The molecular formula is C24H20ClNO6. The van der Waals surface area contributed by atoms with Crippen LogP contribution in [0, 0.1) is 0 Å². The lowest BCUT2D eigenvalue weighted by Gasteiger charge is -2.34. The number of nitrogens with zero attached hydrogens (tertiary/aromatic N) is 1. The Morgan fingerprint density at radius 3 is 2.69 bits per heavy atom. The molecule has 2 aliphatic rings. The molecule has 1 aliphatic heterocycles. The summed E-state index contributed by atoms with van der Waals surface area (Å²) >= 11 is 5.76. The molecule has 1 aliphatic carbocycles. The second-order valence-electron chi connectivity index (χ2n) is 7.58. The first-order valence-electron chi connectivity index (χ1n) is 10.2. The Morgan fingerprint density at radius 2 is 2.03 bits per heavy atom. The minimum absolute atomic E-state index is 0.0566.